The van der Waals surface area contributed by atoms with Gasteiger partial charge in [0.05, 0.1) is 5.92 Å². The van der Waals surface area contributed by atoms with E-state index < -0.39 is 32.1 Å². The SMILES string of the molecule is Cc1[nH]c(=O)[nH]c(=O)c1S(=O)(=O)N1CCC[C@@H](C(=O)Nc2cccc(Cl)c2)C1. The molecule has 1 aromatic carbocycles. The zero-order chi connectivity index (χ0) is 20.5. The molecule has 0 saturated carbocycles. The van der Waals surface area contributed by atoms with Gasteiger partial charge in [0.15, 0.2) is 4.90 Å². The predicted molar refractivity (Wildman–Crippen MR) is 104 cm³/mol. The van der Waals surface area contributed by atoms with Crippen LogP contribution in [0.25, 0.3) is 0 Å². The Morgan fingerprint density at radius 2 is 2.04 bits per heavy atom. The van der Waals surface area contributed by atoms with Gasteiger partial charge < -0.3 is 10.3 Å². The quantitative estimate of drug-likeness (QED) is 0.672. The van der Waals surface area contributed by atoms with Crippen LogP contribution in [-0.2, 0) is 14.8 Å². The lowest BCUT2D eigenvalue weighted by Gasteiger charge is -2.31. The van der Waals surface area contributed by atoms with E-state index in [0.717, 1.165) is 4.31 Å². The van der Waals surface area contributed by atoms with Gasteiger partial charge in [-0.05, 0) is 38.0 Å². The second-order valence-corrected chi connectivity index (χ2v) is 8.88. The van der Waals surface area contributed by atoms with E-state index in [1.54, 1.807) is 24.3 Å². The number of aryl methyl sites for hydroxylation is 1. The maximum Gasteiger partial charge on any atom is 0.325 e. The zero-order valence-electron chi connectivity index (χ0n) is 15.0. The number of benzene rings is 1. The predicted octanol–water partition coefficient (Wildman–Crippen LogP) is 1.06. The normalized spacial score (nSPS) is 18.0. The van der Waals surface area contributed by atoms with Crippen LogP contribution in [0.3, 0.4) is 0 Å². The molecule has 9 nitrogen and oxygen atoms in total. The molecule has 2 aromatic rings. The Labute approximate surface area is 165 Å². The van der Waals surface area contributed by atoms with Crippen LogP contribution in [-0.4, -0.2) is 41.7 Å². The van der Waals surface area contributed by atoms with Gasteiger partial charge in [-0.15, -0.1) is 0 Å². The van der Waals surface area contributed by atoms with E-state index in [9.17, 15) is 22.8 Å². The Morgan fingerprint density at radius 3 is 2.71 bits per heavy atom. The third kappa shape index (κ3) is 4.18. The number of sulfonamides is 1. The first kappa shape index (κ1) is 20.3. The molecule has 1 amide bonds. The summed E-state index contributed by atoms with van der Waals surface area (Å²) in [6.07, 6.45) is 0.979. The summed E-state index contributed by atoms with van der Waals surface area (Å²) in [5.74, 6) is -0.904. The van der Waals surface area contributed by atoms with E-state index in [4.69, 9.17) is 11.6 Å². The number of anilines is 1. The highest BCUT2D eigenvalue weighted by atomic mass is 35.5. The molecular formula is C17H19ClN4O5S. The van der Waals surface area contributed by atoms with Crippen LogP contribution in [0, 0.1) is 12.8 Å². The largest absolute Gasteiger partial charge is 0.326 e. The summed E-state index contributed by atoms with van der Waals surface area (Å²) in [7, 11) is -4.17. The van der Waals surface area contributed by atoms with Crippen LogP contribution in [0.5, 0.6) is 0 Å². The van der Waals surface area contributed by atoms with Crippen molar-refractivity contribution in [1.82, 2.24) is 14.3 Å². The van der Waals surface area contributed by atoms with Crippen molar-refractivity contribution in [2.75, 3.05) is 18.4 Å². The first-order valence-electron chi connectivity index (χ1n) is 8.58. The number of halogens is 1. The number of carbonyl (C=O) groups excluding carboxylic acids is 1. The van der Waals surface area contributed by atoms with Crippen molar-refractivity contribution < 1.29 is 13.2 Å². The van der Waals surface area contributed by atoms with Gasteiger partial charge in [-0.3, -0.25) is 14.6 Å². The minimum Gasteiger partial charge on any atom is -0.326 e. The molecule has 28 heavy (non-hydrogen) atoms. The molecule has 0 spiro atoms. The second-order valence-electron chi connectivity index (χ2n) is 6.56. The minimum absolute atomic E-state index is 0.0424. The number of piperidine rings is 1. The topological polar surface area (TPSA) is 132 Å². The van der Waals surface area contributed by atoms with E-state index in [1.165, 1.54) is 6.92 Å². The third-order valence-electron chi connectivity index (χ3n) is 4.52. The Kier molecular flexibility index (Phi) is 5.73. The second kappa shape index (κ2) is 7.90. The Morgan fingerprint density at radius 1 is 1.29 bits per heavy atom. The summed E-state index contributed by atoms with van der Waals surface area (Å²) < 4.78 is 27.0. The van der Waals surface area contributed by atoms with Crippen LogP contribution in [0.1, 0.15) is 18.5 Å². The van der Waals surface area contributed by atoms with Gasteiger partial charge in [0, 0.05) is 29.5 Å². The van der Waals surface area contributed by atoms with Gasteiger partial charge in [-0.2, -0.15) is 4.31 Å². The number of carbonyl (C=O) groups is 1. The van der Waals surface area contributed by atoms with Crippen molar-refractivity contribution in [3.05, 3.63) is 55.8 Å². The maximum atomic E-state index is 12.9. The van der Waals surface area contributed by atoms with Crippen LogP contribution in [0.2, 0.25) is 5.02 Å². The molecule has 2 heterocycles. The fourth-order valence-electron chi connectivity index (χ4n) is 3.21. The number of H-pyrrole nitrogens is 2. The highest BCUT2D eigenvalue weighted by Gasteiger charge is 2.35. The summed E-state index contributed by atoms with van der Waals surface area (Å²) in [6, 6.07) is 6.65. The average Bonchev–Trinajstić information content (AvgIpc) is 2.60. The van der Waals surface area contributed by atoms with Crippen LogP contribution in [0.15, 0.2) is 38.8 Å². The fourth-order valence-corrected chi connectivity index (χ4v) is 5.13. The average molecular weight is 427 g/mol. The summed E-state index contributed by atoms with van der Waals surface area (Å²) in [5.41, 5.74) is -1.28. The molecule has 0 radical (unpaired) electrons. The van der Waals surface area contributed by atoms with Crippen molar-refractivity contribution in [2.45, 2.75) is 24.7 Å². The molecule has 150 valence electrons. The first-order valence-corrected chi connectivity index (χ1v) is 10.4. The minimum atomic E-state index is -4.17. The molecule has 1 aliphatic rings. The summed E-state index contributed by atoms with van der Waals surface area (Å²) in [4.78, 5) is 39.7. The smallest absolute Gasteiger partial charge is 0.325 e. The number of nitrogens with zero attached hydrogens (tertiary/aromatic N) is 1. The van der Waals surface area contributed by atoms with Crippen molar-refractivity contribution in [3.8, 4) is 0 Å². The highest BCUT2D eigenvalue weighted by Crippen LogP contribution is 2.24. The van der Waals surface area contributed by atoms with E-state index in [0.29, 0.717) is 23.6 Å². The first-order chi connectivity index (χ1) is 13.2. The number of nitrogens with one attached hydrogen (secondary N) is 3. The molecule has 0 aliphatic carbocycles. The number of hydrogen-bond donors (Lipinski definition) is 3. The van der Waals surface area contributed by atoms with E-state index in [1.807, 2.05) is 4.98 Å². The number of rotatable bonds is 4. The lowest BCUT2D eigenvalue weighted by molar-refractivity contribution is -0.120. The molecule has 3 rings (SSSR count). The number of hydrogen-bond acceptors (Lipinski definition) is 5. The van der Waals surface area contributed by atoms with Gasteiger partial charge >= 0.3 is 5.69 Å². The van der Waals surface area contributed by atoms with Crippen LogP contribution >= 0.6 is 11.6 Å². The highest BCUT2D eigenvalue weighted by molar-refractivity contribution is 7.89. The van der Waals surface area contributed by atoms with Gasteiger partial charge in [-0.25, -0.2) is 13.2 Å². The Hall–Kier alpha value is -2.43. The number of amides is 1. The van der Waals surface area contributed by atoms with Crippen LogP contribution in [0.4, 0.5) is 5.69 Å². The molecule has 1 aliphatic heterocycles. The van der Waals surface area contributed by atoms with Gasteiger partial charge in [0.1, 0.15) is 0 Å². The van der Waals surface area contributed by atoms with Crippen molar-refractivity contribution >= 4 is 33.2 Å². The lowest BCUT2D eigenvalue weighted by Crippen LogP contribution is -2.45. The number of aromatic amines is 2. The maximum absolute atomic E-state index is 12.9. The van der Waals surface area contributed by atoms with E-state index in [-0.39, 0.29) is 24.7 Å². The number of aromatic nitrogens is 2. The summed E-state index contributed by atoms with van der Waals surface area (Å²) >= 11 is 5.91. The van der Waals surface area contributed by atoms with E-state index >= 15 is 0 Å². The molecule has 3 N–H and O–H groups in total. The molecule has 1 aromatic heterocycles. The van der Waals surface area contributed by atoms with Gasteiger partial charge in [0.25, 0.3) is 5.56 Å². The molecule has 1 saturated heterocycles. The standard InChI is InChI=1S/C17H19ClN4O5S/c1-10-14(16(24)21-17(25)19-10)28(26,27)22-7-3-4-11(9-22)15(23)20-13-6-2-5-12(18)8-13/h2,5-6,8,11H,3-4,7,9H2,1H3,(H,20,23)(H2,19,21,24,25)/t11-/m1/s1. The van der Waals surface area contributed by atoms with Crippen molar-refractivity contribution in [2.24, 2.45) is 5.92 Å². The zero-order valence-corrected chi connectivity index (χ0v) is 16.6. The van der Waals surface area contributed by atoms with Crippen LogP contribution < -0.4 is 16.6 Å². The molecule has 1 fully saturated rings. The Bertz CT molecular complexity index is 1120. The summed E-state index contributed by atoms with van der Waals surface area (Å²) in [5, 5.41) is 3.20. The summed E-state index contributed by atoms with van der Waals surface area (Å²) in [6.45, 7) is 1.46. The van der Waals surface area contributed by atoms with Gasteiger partial charge in [0.2, 0.25) is 15.9 Å². The molecule has 11 heteroatoms. The molecule has 0 bridgehead atoms. The monoisotopic (exact) mass is 426 g/mol. The molecule has 1 atom stereocenters. The van der Waals surface area contributed by atoms with Crippen molar-refractivity contribution in [3.63, 3.8) is 0 Å². The third-order valence-corrected chi connectivity index (χ3v) is 6.77. The molecular weight excluding hydrogens is 408 g/mol. The van der Waals surface area contributed by atoms with Crippen molar-refractivity contribution in [1.29, 1.82) is 0 Å². The van der Waals surface area contributed by atoms with Gasteiger partial charge in [-0.1, -0.05) is 17.7 Å². The fraction of sp³-hybridized carbons (Fsp3) is 0.353. The Balaban J connectivity index is 1.82. The molecule has 0 unspecified atom stereocenters. The van der Waals surface area contributed by atoms with E-state index in [2.05, 4.69) is 10.3 Å². The lowest BCUT2D eigenvalue weighted by atomic mass is 9.99.